The highest BCUT2D eigenvalue weighted by Crippen LogP contribution is 2.57. The molecule has 23 heavy (non-hydrogen) atoms. The fraction of sp³-hybridized carbons (Fsp3) is 0.579. The van der Waals surface area contributed by atoms with Crippen LogP contribution in [0.15, 0.2) is 18.2 Å². The first-order valence-corrected chi connectivity index (χ1v) is 8.32. The third-order valence-corrected chi connectivity index (χ3v) is 6.08. The molecule has 4 nitrogen and oxygen atoms in total. The van der Waals surface area contributed by atoms with Crippen molar-refractivity contribution in [2.75, 3.05) is 0 Å². The van der Waals surface area contributed by atoms with Gasteiger partial charge in [0.25, 0.3) is 0 Å². The Morgan fingerprint density at radius 3 is 2.65 bits per heavy atom. The number of fused-ring (bicyclic) bond motifs is 3. The first-order valence-electron chi connectivity index (χ1n) is 8.32. The lowest BCUT2D eigenvalue weighted by Gasteiger charge is -2.53. The summed E-state index contributed by atoms with van der Waals surface area (Å²) in [6.07, 6.45) is 4.42. The molecule has 1 saturated carbocycles. The van der Waals surface area contributed by atoms with Gasteiger partial charge in [-0.1, -0.05) is 19.4 Å². The average molecular weight is 316 g/mol. The molecule has 0 bridgehead atoms. The largest absolute Gasteiger partial charge is 0.481 e. The Morgan fingerprint density at radius 1 is 1.26 bits per heavy atom. The second kappa shape index (κ2) is 5.36. The molecule has 0 unspecified atom stereocenters. The molecule has 0 amide bonds. The number of aliphatic carboxylic acids is 1. The Bertz CT molecular complexity index is 665. The maximum absolute atomic E-state index is 11.9. The highest BCUT2D eigenvalue weighted by Gasteiger charge is 2.55. The van der Waals surface area contributed by atoms with Crippen LogP contribution < -0.4 is 4.74 Å². The molecular formula is C19H24O4. The first-order chi connectivity index (χ1) is 10.8. The van der Waals surface area contributed by atoms with E-state index in [-0.39, 0.29) is 17.3 Å². The van der Waals surface area contributed by atoms with Crippen LogP contribution in [0.25, 0.3) is 0 Å². The molecule has 0 spiro atoms. The van der Waals surface area contributed by atoms with Crippen LogP contribution in [0.4, 0.5) is 0 Å². The highest BCUT2D eigenvalue weighted by atomic mass is 16.5. The average Bonchev–Trinajstić information content (AvgIpc) is 2.47. The minimum Gasteiger partial charge on any atom is -0.481 e. The van der Waals surface area contributed by atoms with Crippen molar-refractivity contribution in [2.24, 2.45) is 11.3 Å². The molecule has 3 rings (SSSR count). The number of carboxylic acid groups (broad SMARTS) is 1. The zero-order chi connectivity index (χ0) is 16.8. The Morgan fingerprint density at radius 2 is 2.00 bits per heavy atom. The predicted molar refractivity (Wildman–Crippen MR) is 86.5 cm³/mol. The van der Waals surface area contributed by atoms with Gasteiger partial charge in [-0.25, -0.2) is 0 Å². The number of ether oxygens (including phenoxy) is 1. The number of rotatable bonds is 2. The molecule has 1 aromatic rings. The lowest BCUT2D eigenvalue weighted by Crippen LogP contribution is -2.52. The third-order valence-electron chi connectivity index (χ3n) is 6.08. The normalized spacial score (nSPS) is 32.6. The van der Waals surface area contributed by atoms with Gasteiger partial charge in [0.05, 0.1) is 5.41 Å². The quantitative estimate of drug-likeness (QED) is 0.667. The van der Waals surface area contributed by atoms with Gasteiger partial charge < -0.3 is 9.84 Å². The van der Waals surface area contributed by atoms with Crippen LogP contribution in [0.5, 0.6) is 5.75 Å². The number of hydrogen-bond donors (Lipinski definition) is 1. The molecule has 1 fully saturated rings. The number of esters is 1. The van der Waals surface area contributed by atoms with E-state index in [0.717, 1.165) is 32.1 Å². The molecular weight excluding hydrogens is 292 g/mol. The zero-order valence-electron chi connectivity index (χ0n) is 14.0. The van der Waals surface area contributed by atoms with Crippen LogP contribution in [-0.2, 0) is 21.4 Å². The Labute approximate surface area is 136 Å². The maximum atomic E-state index is 11.9. The fourth-order valence-electron chi connectivity index (χ4n) is 4.92. The minimum absolute atomic E-state index is 0.112. The van der Waals surface area contributed by atoms with Crippen molar-refractivity contribution < 1.29 is 19.4 Å². The summed E-state index contributed by atoms with van der Waals surface area (Å²) in [6, 6.07) is 5.82. The molecule has 0 heterocycles. The first kappa shape index (κ1) is 16.0. The number of aryl methyl sites for hydroxylation is 1. The summed E-state index contributed by atoms with van der Waals surface area (Å²) >= 11 is 0. The van der Waals surface area contributed by atoms with Crippen molar-refractivity contribution in [3.8, 4) is 5.75 Å². The summed E-state index contributed by atoms with van der Waals surface area (Å²) in [5, 5.41) is 9.80. The maximum Gasteiger partial charge on any atom is 0.309 e. The summed E-state index contributed by atoms with van der Waals surface area (Å²) in [7, 11) is 0. The smallest absolute Gasteiger partial charge is 0.309 e. The van der Waals surface area contributed by atoms with Gasteiger partial charge in [0.2, 0.25) is 0 Å². The standard InChI is InChI=1S/C19H24O4/c1-12(20)23-14-7-5-13-6-8-16-18(2,15(13)11-14)9-4-10-19(16,3)17(21)22/h5,7,11,16H,4,6,8-10H2,1-3H3,(H,21,22)/t16-,18-,19-/m1/s1. The lowest BCUT2D eigenvalue weighted by atomic mass is 9.50. The van der Waals surface area contributed by atoms with Crippen molar-refractivity contribution in [1.29, 1.82) is 0 Å². The SMILES string of the molecule is CC(=O)Oc1ccc2c(c1)[C@@]1(C)CCC[C@@](C)(C(=O)O)[C@@H]1CC2. The van der Waals surface area contributed by atoms with E-state index in [0.29, 0.717) is 5.75 Å². The van der Waals surface area contributed by atoms with E-state index < -0.39 is 11.4 Å². The van der Waals surface area contributed by atoms with Crippen molar-refractivity contribution >= 4 is 11.9 Å². The van der Waals surface area contributed by atoms with E-state index >= 15 is 0 Å². The molecule has 3 atom stereocenters. The number of carbonyl (C=O) groups is 2. The molecule has 1 N–H and O–H groups in total. The summed E-state index contributed by atoms with van der Waals surface area (Å²) in [4.78, 5) is 23.2. The van der Waals surface area contributed by atoms with Gasteiger partial charge in [-0.15, -0.1) is 0 Å². The van der Waals surface area contributed by atoms with Crippen LogP contribution in [0.2, 0.25) is 0 Å². The van der Waals surface area contributed by atoms with Gasteiger partial charge in [-0.2, -0.15) is 0 Å². The molecule has 0 aromatic heterocycles. The molecule has 2 aliphatic carbocycles. The summed E-state index contributed by atoms with van der Waals surface area (Å²) < 4.78 is 5.25. The van der Waals surface area contributed by atoms with Gasteiger partial charge in [0.15, 0.2) is 0 Å². The highest BCUT2D eigenvalue weighted by molar-refractivity contribution is 5.75. The third kappa shape index (κ3) is 2.44. The fourth-order valence-corrected chi connectivity index (χ4v) is 4.92. The zero-order valence-corrected chi connectivity index (χ0v) is 14.0. The summed E-state index contributed by atoms with van der Waals surface area (Å²) in [6.45, 7) is 5.48. The van der Waals surface area contributed by atoms with Gasteiger partial charge in [0, 0.05) is 6.92 Å². The minimum atomic E-state index is -0.687. The predicted octanol–water partition coefficient (Wildman–Crippen LogP) is 3.71. The van der Waals surface area contributed by atoms with E-state index in [1.165, 1.54) is 18.1 Å². The number of hydrogen-bond acceptors (Lipinski definition) is 3. The van der Waals surface area contributed by atoms with Crippen LogP contribution >= 0.6 is 0 Å². The molecule has 2 aliphatic rings. The molecule has 1 aromatic carbocycles. The van der Waals surface area contributed by atoms with E-state index in [1.807, 2.05) is 25.1 Å². The van der Waals surface area contributed by atoms with Crippen molar-refractivity contribution in [3.63, 3.8) is 0 Å². The van der Waals surface area contributed by atoms with Gasteiger partial charge in [-0.05, 0) is 67.2 Å². The monoisotopic (exact) mass is 316 g/mol. The lowest BCUT2D eigenvalue weighted by molar-refractivity contribution is -0.157. The molecule has 124 valence electrons. The van der Waals surface area contributed by atoms with E-state index in [1.54, 1.807) is 0 Å². The van der Waals surface area contributed by atoms with Gasteiger partial charge in [-0.3, -0.25) is 9.59 Å². The number of carbonyl (C=O) groups excluding carboxylic acids is 1. The molecule has 0 radical (unpaired) electrons. The number of carboxylic acids is 1. The summed E-state index contributed by atoms with van der Waals surface area (Å²) in [5.74, 6) is -0.350. The van der Waals surface area contributed by atoms with Crippen molar-refractivity contribution in [2.45, 2.75) is 58.3 Å². The Hall–Kier alpha value is -1.84. The molecule has 4 heteroatoms. The van der Waals surface area contributed by atoms with Crippen LogP contribution in [0.1, 0.15) is 57.6 Å². The second-order valence-corrected chi connectivity index (χ2v) is 7.50. The topological polar surface area (TPSA) is 63.6 Å². The van der Waals surface area contributed by atoms with Gasteiger partial charge >= 0.3 is 11.9 Å². The molecule has 0 saturated heterocycles. The van der Waals surface area contributed by atoms with Crippen molar-refractivity contribution in [3.05, 3.63) is 29.3 Å². The Kier molecular flexibility index (Phi) is 3.74. The molecule has 0 aliphatic heterocycles. The Balaban J connectivity index is 2.07. The second-order valence-electron chi connectivity index (χ2n) is 7.50. The number of benzene rings is 1. The summed E-state index contributed by atoms with van der Waals surface area (Å²) in [5.41, 5.74) is 1.58. The van der Waals surface area contributed by atoms with Crippen LogP contribution in [-0.4, -0.2) is 17.0 Å². The van der Waals surface area contributed by atoms with Crippen LogP contribution in [0, 0.1) is 11.3 Å². The van der Waals surface area contributed by atoms with E-state index in [4.69, 9.17) is 4.74 Å². The van der Waals surface area contributed by atoms with E-state index in [9.17, 15) is 14.7 Å². The van der Waals surface area contributed by atoms with Crippen LogP contribution in [0.3, 0.4) is 0 Å². The van der Waals surface area contributed by atoms with Crippen molar-refractivity contribution in [1.82, 2.24) is 0 Å². The van der Waals surface area contributed by atoms with E-state index in [2.05, 4.69) is 6.92 Å². The van der Waals surface area contributed by atoms with Gasteiger partial charge in [0.1, 0.15) is 5.75 Å².